The first-order valence-corrected chi connectivity index (χ1v) is 7.23. The van der Waals surface area contributed by atoms with Crippen molar-refractivity contribution in [3.8, 4) is 0 Å². The molecule has 3 atom stereocenters. The second-order valence-corrected chi connectivity index (χ2v) is 6.43. The largest absolute Gasteiger partial charge is 0.313 e. The van der Waals surface area contributed by atoms with Crippen LogP contribution in [0.25, 0.3) is 0 Å². The van der Waals surface area contributed by atoms with Crippen LogP contribution in [0.1, 0.15) is 38.5 Å². The Morgan fingerprint density at radius 2 is 2.00 bits per heavy atom. The third-order valence-electron chi connectivity index (χ3n) is 4.93. The highest BCUT2D eigenvalue weighted by molar-refractivity contribution is 4.91. The molecular weight excluding hydrogens is 196 g/mol. The highest BCUT2D eigenvalue weighted by Gasteiger charge is 2.39. The number of likely N-dealkylation sites (N-methyl/N-ethyl adjacent to an activating group) is 1. The smallest absolute Gasteiger partial charge is 0.0104 e. The minimum absolute atomic E-state index is 0.871. The molecule has 16 heavy (non-hydrogen) atoms. The monoisotopic (exact) mass is 222 g/mol. The summed E-state index contributed by atoms with van der Waals surface area (Å²) in [6, 6.07) is 0.871. The third kappa shape index (κ3) is 2.60. The van der Waals surface area contributed by atoms with Crippen molar-refractivity contribution in [1.82, 2.24) is 10.2 Å². The lowest BCUT2D eigenvalue weighted by atomic mass is 9.88. The van der Waals surface area contributed by atoms with Gasteiger partial charge < -0.3 is 10.2 Å². The molecule has 0 saturated heterocycles. The van der Waals surface area contributed by atoms with Crippen LogP contribution in [0.4, 0.5) is 0 Å². The van der Waals surface area contributed by atoms with E-state index >= 15 is 0 Å². The number of rotatable bonds is 6. The molecule has 2 bridgehead atoms. The summed E-state index contributed by atoms with van der Waals surface area (Å²) in [5.41, 5.74) is 0. The van der Waals surface area contributed by atoms with Crippen LogP contribution in [0.3, 0.4) is 0 Å². The molecule has 3 unspecified atom stereocenters. The minimum Gasteiger partial charge on any atom is -0.313 e. The van der Waals surface area contributed by atoms with Gasteiger partial charge in [0.1, 0.15) is 0 Å². The van der Waals surface area contributed by atoms with Gasteiger partial charge in [-0.25, -0.2) is 0 Å². The van der Waals surface area contributed by atoms with E-state index in [9.17, 15) is 0 Å². The van der Waals surface area contributed by atoms with Crippen LogP contribution < -0.4 is 5.32 Å². The molecule has 3 saturated carbocycles. The lowest BCUT2D eigenvalue weighted by Crippen LogP contribution is -2.34. The first kappa shape index (κ1) is 11.0. The van der Waals surface area contributed by atoms with Gasteiger partial charge in [-0.3, -0.25) is 0 Å². The van der Waals surface area contributed by atoms with E-state index in [1.165, 1.54) is 51.7 Å². The molecule has 0 amide bonds. The van der Waals surface area contributed by atoms with E-state index in [1.807, 2.05) is 0 Å². The summed E-state index contributed by atoms with van der Waals surface area (Å²) in [6.07, 6.45) is 8.98. The Bertz CT molecular complexity index is 237. The van der Waals surface area contributed by atoms with Crippen LogP contribution in [0.5, 0.6) is 0 Å². The maximum absolute atomic E-state index is 3.60. The Balaban J connectivity index is 1.34. The molecule has 3 fully saturated rings. The van der Waals surface area contributed by atoms with Crippen LogP contribution in [0.15, 0.2) is 0 Å². The van der Waals surface area contributed by atoms with Gasteiger partial charge in [0.25, 0.3) is 0 Å². The first-order valence-electron chi connectivity index (χ1n) is 7.23. The van der Waals surface area contributed by atoms with Gasteiger partial charge in [0.2, 0.25) is 0 Å². The van der Waals surface area contributed by atoms with Gasteiger partial charge in [-0.1, -0.05) is 6.42 Å². The topological polar surface area (TPSA) is 15.3 Å². The van der Waals surface area contributed by atoms with E-state index in [1.54, 1.807) is 6.42 Å². The van der Waals surface area contributed by atoms with Gasteiger partial charge in [-0.15, -0.1) is 0 Å². The first-order chi connectivity index (χ1) is 7.81. The zero-order valence-corrected chi connectivity index (χ0v) is 10.6. The fourth-order valence-electron chi connectivity index (χ4n) is 3.84. The lowest BCUT2D eigenvalue weighted by molar-refractivity contribution is 0.220. The zero-order chi connectivity index (χ0) is 11.0. The van der Waals surface area contributed by atoms with Crippen LogP contribution >= 0.6 is 0 Å². The van der Waals surface area contributed by atoms with Crippen molar-refractivity contribution in [2.24, 2.45) is 17.8 Å². The molecule has 0 aromatic carbocycles. The van der Waals surface area contributed by atoms with Crippen molar-refractivity contribution in [2.75, 3.05) is 26.7 Å². The predicted octanol–water partition coefficient (Wildman–Crippen LogP) is 2.11. The number of nitrogens with zero attached hydrogens (tertiary/aromatic N) is 1. The Morgan fingerprint density at radius 1 is 1.12 bits per heavy atom. The summed E-state index contributed by atoms with van der Waals surface area (Å²) >= 11 is 0. The van der Waals surface area contributed by atoms with Crippen molar-refractivity contribution in [1.29, 1.82) is 0 Å². The SMILES string of the molecule is CN(CCNC1CC1)CC1CC2CCC1C2. The summed E-state index contributed by atoms with van der Waals surface area (Å²) < 4.78 is 0. The van der Waals surface area contributed by atoms with Gasteiger partial charge in [0, 0.05) is 25.7 Å². The highest BCUT2D eigenvalue weighted by Crippen LogP contribution is 2.48. The molecule has 0 radical (unpaired) electrons. The predicted molar refractivity (Wildman–Crippen MR) is 67.5 cm³/mol. The molecule has 0 spiro atoms. The molecular formula is C14H26N2. The molecule has 0 aromatic heterocycles. The Morgan fingerprint density at radius 3 is 2.62 bits per heavy atom. The molecule has 3 aliphatic carbocycles. The van der Waals surface area contributed by atoms with Crippen molar-refractivity contribution in [2.45, 2.75) is 44.6 Å². The van der Waals surface area contributed by atoms with Gasteiger partial charge in [-0.05, 0) is 56.9 Å². The normalized spacial score (nSPS) is 37.5. The summed E-state index contributed by atoms with van der Waals surface area (Å²) in [4.78, 5) is 2.56. The Kier molecular flexibility index (Phi) is 3.21. The van der Waals surface area contributed by atoms with Crippen molar-refractivity contribution < 1.29 is 0 Å². The summed E-state index contributed by atoms with van der Waals surface area (Å²) in [7, 11) is 2.31. The van der Waals surface area contributed by atoms with Crippen molar-refractivity contribution >= 4 is 0 Å². The quantitative estimate of drug-likeness (QED) is 0.740. The second-order valence-electron chi connectivity index (χ2n) is 6.43. The van der Waals surface area contributed by atoms with Crippen LogP contribution in [-0.4, -0.2) is 37.6 Å². The summed E-state index contributed by atoms with van der Waals surface area (Å²) in [5, 5.41) is 3.60. The van der Waals surface area contributed by atoms with Crippen molar-refractivity contribution in [3.63, 3.8) is 0 Å². The maximum atomic E-state index is 3.60. The molecule has 3 aliphatic rings. The van der Waals surface area contributed by atoms with Gasteiger partial charge >= 0.3 is 0 Å². The number of fused-ring (bicyclic) bond motifs is 2. The third-order valence-corrected chi connectivity index (χ3v) is 4.93. The van der Waals surface area contributed by atoms with E-state index in [4.69, 9.17) is 0 Å². The van der Waals surface area contributed by atoms with Crippen LogP contribution in [-0.2, 0) is 0 Å². The van der Waals surface area contributed by atoms with Gasteiger partial charge in [-0.2, -0.15) is 0 Å². The van der Waals surface area contributed by atoms with Crippen molar-refractivity contribution in [3.05, 3.63) is 0 Å². The number of hydrogen-bond acceptors (Lipinski definition) is 2. The summed E-state index contributed by atoms with van der Waals surface area (Å²) in [5.74, 6) is 3.22. The van der Waals surface area contributed by atoms with Gasteiger partial charge in [0.15, 0.2) is 0 Å². The number of hydrogen-bond donors (Lipinski definition) is 1. The van der Waals surface area contributed by atoms with E-state index in [0.717, 1.165) is 23.8 Å². The Labute approximate surface area is 99.8 Å². The average Bonchev–Trinajstić information content (AvgIpc) is 2.86. The average molecular weight is 222 g/mol. The van der Waals surface area contributed by atoms with E-state index < -0.39 is 0 Å². The van der Waals surface area contributed by atoms with Gasteiger partial charge in [0.05, 0.1) is 0 Å². The molecule has 3 rings (SSSR count). The Hall–Kier alpha value is -0.0800. The lowest BCUT2D eigenvalue weighted by Gasteiger charge is -2.27. The number of nitrogens with one attached hydrogen (secondary N) is 1. The molecule has 2 nitrogen and oxygen atoms in total. The summed E-state index contributed by atoms with van der Waals surface area (Å²) in [6.45, 7) is 3.79. The standard InChI is InChI=1S/C14H26N2/c1-16(7-6-15-14-4-5-14)10-13-9-11-2-3-12(13)8-11/h11-15H,2-10H2,1H3. The van der Waals surface area contributed by atoms with E-state index in [-0.39, 0.29) is 0 Å². The highest BCUT2D eigenvalue weighted by atomic mass is 15.1. The molecule has 2 heteroatoms. The van der Waals surface area contributed by atoms with E-state index in [0.29, 0.717) is 0 Å². The maximum Gasteiger partial charge on any atom is 0.0104 e. The van der Waals surface area contributed by atoms with Crippen LogP contribution in [0, 0.1) is 17.8 Å². The molecule has 0 aliphatic heterocycles. The zero-order valence-electron chi connectivity index (χ0n) is 10.6. The molecule has 0 heterocycles. The van der Waals surface area contributed by atoms with E-state index in [2.05, 4.69) is 17.3 Å². The minimum atomic E-state index is 0.871. The fourth-order valence-corrected chi connectivity index (χ4v) is 3.84. The molecule has 92 valence electrons. The van der Waals surface area contributed by atoms with Crippen LogP contribution in [0.2, 0.25) is 0 Å². The molecule has 1 N–H and O–H groups in total. The second kappa shape index (κ2) is 4.66. The fraction of sp³-hybridized carbons (Fsp3) is 1.00. The molecule has 0 aromatic rings.